The highest BCUT2D eigenvalue weighted by Gasteiger charge is 2.52. The summed E-state index contributed by atoms with van der Waals surface area (Å²) in [5.41, 5.74) is 33.7. The first-order valence-electron chi connectivity index (χ1n) is 37.7. The molecule has 1 aromatic carbocycles. The van der Waals surface area contributed by atoms with Gasteiger partial charge in [0.25, 0.3) is 0 Å². The summed E-state index contributed by atoms with van der Waals surface area (Å²) in [6, 6.07) is 8.74. The third kappa shape index (κ3) is 30.7. The molecule has 0 spiro atoms. The van der Waals surface area contributed by atoms with Crippen molar-refractivity contribution >= 4 is 18.3 Å². The highest BCUT2D eigenvalue weighted by atomic mass is 16.8. The fourth-order valence-corrected chi connectivity index (χ4v) is 12.9. The van der Waals surface area contributed by atoms with Gasteiger partial charge < -0.3 is 137 Å². The molecule has 0 amide bonds. The summed E-state index contributed by atoms with van der Waals surface area (Å²) in [6.07, 6.45) is -23.9. The second-order valence-electron chi connectivity index (χ2n) is 28.9. The smallest absolute Gasteiger partial charge is 0.373 e. The van der Waals surface area contributed by atoms with Crippen LogP contribution < -0.4 is 0 Å². The van der Waals surface area contributed by atoms with E-state index >= 15 is 0 Å². The Balaban J connectivity index is 0.000000318. The number of benzene rings is 1. The molecule has 11 unspecified atom stereocenters. The van der Waals surface area contributed by atoms with Crippen molar-refractivity contribution < 1.29 is 161 Å². The van der Waals surface area contributed by atoms with Crippen molar-refractivity contribution in [2.24, 2.45) is 79.6 Å². The van der Waals surface area contributed by atoms with E-state index in [2.05, 4.69) is 40.1 Å². The average molecular weight is 1650 g/mol. The Morgan fingerprint density at radius 1 is 0.400 bits per heavy atom. The molecule has 115 heavy (non-hydrogen) atoms. The van der Waals surface area contributed by atoms with E-state index < -0.39 is 161 Å². The molecule has 8 aliphatic rings. The van der Waals surface area contributed by atoms with Crippen LogP contribution in [0.4, 0.5) is 0 Å². The predicted octanol–water partition coefficient (Wildman–Crippen LogP) is 1.42. The van der Waals surface area contributed by atoms with Gasteiger partial charge in [0.15, 0.2) is 50.3 Å². The van der Waals surface area contributed by atoms with E-state index in [4.69, 9.17) is 122 Å². The SMILES string of the molecule is CC1O[C@@H](OCCN=[N+]=[N-])C(O)[C@@H](O[C@H]2OC[C@@H](C)[C@H](C)C2O)[C@@H]1O.CC1[C@H](OCCN=[N+]=[N-])OC(COC(=O)c2ccccc2)[C@@H](C)[C@@H]1O[C@H]1OC[C@@H](C)[C@H](C)C1O.C[C@@H]1CO[C@H](O[C@@H]2C(O)[C@H](OCCN=[N+]=[N-])OC(CO)[C@H]2O)C(O)[C@H]1C.C[C@@H]1CO[C@H](O[C@@H]2C(O)[C@H](OCCN=[N+]=[N-])OC[C@H]2O)C(O)[C@H]1C.O=C=O.O=C=O. The highest BCUT2D eigenvalue weighted by Crippen LogP contribution is 2.39. The third-order valence-corrected chi connectivity index (χ3v) is 21.0. The second-order valence-corrected chi connectivity index (χ2v) is 28.9. The summed E-state index contributed by atoms with van der Waals surface area (Å²) in [5, 5.41) is 126. The van der Waals surface area contributed by atoms with Crippen LogP contribution in [0.15, 0.2) is 50.8 Å². The maximum atomic E-state index is 12.5. The number of carbonyl (C=O) groups is 1. The third-order valence-electron chi connectivity index (χ3n) is 21.0. The largest absolute Gasteiger partial charge is 0.459 e. The molecule has 45 nitrogen and oxygen atoms in total. The number of hydrogen-bond acceptors (Lipinski definition) is 37. The summed E-state index contributed by atoms with van der Waals surface area (Å²) < 4.78 is 95.1. The zero-order chi connectivity index (χ0) is 85.6. The molecule has 45 heteroatoms. The zero-order valence-corrected chi connectivity index (χ0v) is 66.0. The molecule has 11 N–H and O–H groups in total. The van der Waals surface area contributed by atoms with Gasteiger partial charge in [0.2, 0.25) is 0 Å². The molecule has 8 aliphatic heterocycles. The van der Waals surface area contributed by atoms with Gasteiger partial charge in [0.1, 0.15) is 92.1 Å². The number of ether oxygens (including phenoxy) is 17. The standard InChI is InChI=1S/C24H35N3O7.C15H27N3O8.C15H27N3O7.C14H25N3O7.2CO2/c1-14-12-32-24(20(28)15(14)2)34-21-16(3)19(13-31-22(29)18-8-6-5-7-9-18)33-23(17(21)4)30-11-10-26-27-25;1-7-6-24-14(10(20)8(7)2)26-13-11(21)9(5-19)25-15(12(13)22)23-4-3-17-18-16;1-7-6-23-14(10(19)8(7)2)25-13-11(20)9(3)24-15(12(13)21)22-5-4-17-18-16;1-7-5-22-14(10(19)8(7)2)24-12-9(18)6-23-13(11(12)20)21-4-3-16-17-15;2*2-1-3/h5-9,14-17,19-21,23-24,28H,10-13H2,1-4H3;7-15,19-22H,3-6H2,1-2H3;7-15,19-21H,4-6H2,1-3H3;7-14,18-20H,3-6H2,1-2H3;;/t14-,15+,16-,17?,19?,20?,21+,23-,24-;2*7-,8+,9?,10?,11-,12?,13+,14-,15-;7-,8+,9-,10?,11?,12+,13-,14-;;/m1111../s1. The topological polar surface area (TPSA) is 660 Å². The molecule has 9 rings (SSSR count). The lowest BCUT2D eigenvalue weighted by Crippen LogP contribution is -2.62. The van der Waals surface area contributed by atoms with Crippen molar-refractivity contribution in [1.29, 1.82) is 0 Å². The van der Waals surface area contributed by atoms with Crippen molar-refractivity contribution in [2.75, 3.05) is 98.9 Å². The Morgan fingerprint density at radius 3 is 1.12 bits per heavy atom. The van der Waals surface area contributed by atoms with Crippen LogP contribution in [-0.2, 0) is 99.7 Å². The summed E-state index contributed by atoms with van der Waals surface area (Å²) in [7, 11) is 0. The number of nitrogens with zero attached hydrogens (tertiary/aromatic N) is 12. The lowest BCUT2D eigenvalue weighted by Gasteiger charge is -2.47. The number of aliphatic hydroxyl groups is 11. The summed E-state index contributed by atoms with van der Waals surface area (Å²) >= 11 is 0. The number of esters is 1. The molecular formula is C70H114N12O33. The molecule has 0 aliphatic carbocycles. The van der Waals surface area contributed by atoms with Gasteiger partial charge >= 0.3 is 18.3 Å². The number of carbonyl (C=O) groups excluding carboxylic acids is 5. The minimum Gasteiger partial charge on any atom is -0.459 e. The Labute approximate surface area is 663 Å². The minimum atomic E-state index is -1.40. The van der Waals surface area contributed by atoms with Gasteiger partial charge in [0, 0.05) is 57.7 Å². The van der Waals surface area contributed by atoms with Crippen LogP contribution in [0.2, 0.25) is 0 Å². The van der Waals surface area contributed by atoms with Crippen LogP contribution in [0.5, 0.6) is 0 Å². The second kappa shape index (κ2) is 53.2. The molecule has 0 radical (unpaired) electrons. The molecule has 8 fully saturated rings. The van der Waals surface area contributed by atoms with E-state index in [1.165, 1.54) is 0 Å². The normalized spacial score (nSPS) is 39.4. The summed E-state index contributed by atoms with van der Waals surface area (Å²) in [6.45, 7) is 22.8. The van der Waals surface area contributed by atoms with Gasteiger partial charge in [-0.1, -0.05) is 108 Å². The van der Waals surface area contributed by atoms with Crippen molar-refractivity contribution in [2.45, 2.75) is 230 Å². The van der Waals surface area contributed by atoms with Gasteiger partial charge in [-0.3, -0.25) is 0 Å². The highest BCUT2D eigenvalue weighted by molar-refractivity contribution is 5.89. The van der Waals surface area contributed by atoms with Crippen LogP contribution in [0.3, 0.4) is 0 Å². The van der Waals surface area contributed by atoms with E-state index in [0.717, 1.165) is 0 Å². The number of rotatable bonds is 28. The average Bonchev–Trinajstić information content (AvgIpc) is 0.807. The summed E-state index contributed by atoms with van der Waals surface area (Å²) in [5.74, 6) is -0.255. The molecule has 8 heterocycles. The molecule has 8 saturated heterocycles. The monoisotopic (exact) mass is 1650 g/mol. The van der Waals surface area contributed by atoms with E-state index in [0.29, 0.717) is 32.0 Å². The van der Waals surface area contributed by atoms with Crippen LogP contribution in [0, 0.1) is 59.2 Å². The first-order valence-corrected chi connectivity index (χ1v) is 37.7. The predicted molar refractivity (Wildman–Crippen MR) is 385 cm³/mol. The maximum absolute atomic E-state index is 12.5. The molecule has 35 atom stereocenters. The Kier molecular flexibility index (Phi) is 46.7. The van der Waals surface area contributed by atoms with Gasteiger partial charge in [0.05, 0.1) is 89.9 Å². The van der Waals surface area contributed by atoms with Crippen molar-refractivity contribution in [1.82, 2.24) is 0 Å². The zero-order valence-electron chi connectivity index (χ0n) is 66.0. The number of hydrogen-bond donors (Lipinski definition) is 11. The van der Waals surface area contributed by atoms with E-state index in [-0.39, 0.29) is 143 Å². The van der Waals surface area contributed by atoms with Crippen molar-refractivity contribution in [3.8, 4) is 0 Å². The first kappa shape index (κ1) is 101. The fourth-order valence-electron chi connectivity index (χ4n) is 12.9. The Bertz CT molecular complexity index is 3210. The first-order chi connectivity index (χ1) is 54.9. The van der Waals surface area contributed by atoms with Crippen LogP contribution >= 0.6 is 0 Å². The van der Waals surface area contributed by atoms with E-state index in [1.54, 1.807) is 31.2 Å². The van der Waals surface area contributed by atoms with Gasteiger partial charge in [-0.15, -0.1) is 0 Å². The van der Waals surface area contributed by atoms with E-state index in [9.17, 15) is 61.0 Å². The Hall–Kier alpha value is -6.39. The van der Waals surface area contributed by atoms with Crippen LogP contribution in [0.1, 0.15) is 86.5 Å². The molecular weight excluding hydrogens is 1540 g/mol. The lowest BCUT2D eigenvalue weighted by atomic mass is 9.85. The maximum Gasteiger partial charge on any atom is 0.373 e. The number of aliphatic hydroxyl groups excluding tert-OH is 11. The Morgan fingerprint density at radius 2 is 0.730 bits per heavy atom. The van der Waals surface area contributed by atoms with Crippen molar-refractivity contribution in [3.63, 3.8) is 0 Å². The molecule has 1 aromatic rings. The molecule has 0 aromatic heterocycles. The van der Waals surface area contributed by atoms with Crippen molar-refractivity contribution in [3.05, 3.63) is 77.7 Å². The van der Waals surface area contributed by atoms with E-state index in [1.807, 2.05) is 75.3 Å². The molecule has 0 bridgehead atoms. The van der Waals surface area contributed by atoms with Gasteiger partial charge in [-0.05, 0) is 88.5 Å². The van der Waals surface area contributed by atoms with Crippen LogP contribution in [-0.4, -0.2) is 327 Å². The van der Waals surface area contributed by atoms with Gasteiger partial charge in [-0.25, -0.2) is 4.79 Å². The van der Waals surface area contributed by atoms with Crippen LogP contribution in [0.25, 0.3) is 41.8 Å². The molecule has 652 valence electrons. The quantitative estimate of drug-likeness (QED) is 0.0186. The number of azide groups is 4. The van der Waals surface area contributed by atoms with Gasteiger partial charge in [-0.2, -0.15) is 19.2 Å². The minimum absolute atomic E-state index is 0.0131. The molecule has 0 saturated carbocycles. The summed E-state index contributed by atoms with van der Waals surface area (Å²) in [4.78, 5) is 55.5. The lowest BCUT2D eigenvalue weighted by molar-refractivity contribution is -0.343. The fraction of sp³-hybridized carbons (Fsp3) is 0.871.